The largest absolute Gasteiger partial charge is 0.357 e. The number of nitrogens with zero attached hydrogens (tertiary/aromatic N) is 1. The van der Waals surface area contributed by atoms with Crippen molar-refractivity contribution in [3.8, 4) is 0 Å². The van der Waals surface area contributed by atoms with E-state index in [-0.39, 0.29) is 5.78 Å². The Morgan fingerprint density at radius 2 is 2.33 bits per heavy atom. The van der Waals surface area contributed by atoms with Gasteiger partial charge < -0.3 is 4.57 Å². The van der Waals surface area contributed by atoms with E-state index in [0.717, 1.165) is 5.56 Å². The standard InChI is InChI=1S/C7H9NO/c1-6(9)7-3-4-8(2)5-7/h3-5H,1-2H3. The topological polar surface area (TPSA) is 22.0 Å². The molecule has 1 aromatic rings. The van der Waals surface area contributed by atoms with Gasteiger partial charge in [-0.3, -0.25) is 4.79 Å². The van der Waals surface area contributed by atoms with Crippen LogP contribution in [0, 0.1) is 0 Å². The van der Waals surface area contributed by atoms with Gasteiger partial charge in [-0.2, -0.15) is 0 Å². The minimum Gasteiger partial charge on any atom is -0.357 e. The van der Waals surface area contributed by atoms with Crippen molar-refractivity contribution in [2.75, 3.05) is 0 Å². The van der Waals surface area contributed by atoms with Gasteiger partial charge in [0, 0.05) is 25.0 Å². The molecule has 0 atom stereocenters. The SMILES string of the molecule is CC(=O)c1ccn(C)c1. The molecule has 0 fully saturated rings. The van der Waals surface area contributed by atoms with Crippen LogP contribution in [0.3, 0.4) is 0 Å². The van der Waals surface area contributed by atoms with Crippen LogP contribution in [0.4, 0.5) is 0 Å². The maximum atomic E-state index is 10.6. The van der Waals surface area contributed by atoms with E-state index in [2.05, 4.69) is 0 Å². The van der Waals surface area contributed by atoms with Gasteiger partial charge in [0.05, 0.1) is 0 Å². The minimum atomic E-state index is 0.121. The fourth-order valence-electron chi connectivity index (χ4n) is 0.712. The van der Waals surface area contributed by atoms with Crippen molar-refractivity contribution in [3.05, 3.63) is 24.0 Å². The second kappa shape index (κ2) is 2.05. The molecule has 9 heavy (non-hydrogen) atoms. The lowest BCUT2D eigenvalue weighted by Gasteiger charge is -1.84. The van der Waals surface area contributed by atoms with E-state index in [4.69, 9.17) is 0 Å². The lowest BCUT2D eigenvalue weighted by Crippen LogP contribution is -1.87. The Kier molecular flexibility index (Phi) is 1.39. The highest BCUT2D eigenvalue weighted by Gasteiger charge is 1.97. The van der Waals surface area contributed by atoms with Gasteiger partial charge in [0.1, 0.15) is 0 Å². The number of rotatable bonds is 1. The summed E-state index contributed by atoms with van der Waals surface area (Å²) in [7, 11) is 1.90. The molecular formula is C7H9NO. The summed E-state index contributed by atoms with van der Waals surface area (Å²) in [6, 6.07) is 1.81. The predicted molar refractivity (Wildman–Crippen MR) is 35.4 cm³/mol. The summed E-state index contributed by atoms with van der Waals surface area (Å²) in [6.45, 7) is 1.56. The number of carbonyl (C=O) groups is 1. The third-order valence-corrected chi connectivity index (χ3v) is 1.24. The van der Waals surface area contributed by atoms with Crippen molar-refractivity contribution in [2.24, 2.45) is 7.05 Å². The quantitative estimate of drug-likeness (QED) is 0.515. The summed E-state index contributed by atoms with van der Waals surface area (Å²) in [5.74, 6) is 0.121. The normalized spacial score (nSPS) is 9.56. The van der Waals surface area contributed by atoms with E-state index >= 15 is 0 Å². The van der Waals surface area contributed by atoms with Gasteiger partial charge in [0.15, 0.2) is 5.78 Å². The predicted octanol–water partition coefficient (Wildman–Crippen LogP) is 1.23. The van der Waals surface area contributed by atoms with Crippen molar-refractivity contribution >= 4 is 5.78 Å². The zero-order valence-electron chi connectivity index (χ0n) is 5.59. The van der Waals surface area contributed by atoms with E-state index < -0.39 is 0 Å². The Morgan fingerprint density at radius 1 is 1.67 bits per heavy atom. The highest BCUT2D eigenvalue weighted by Crippen LogP contribution is 1.98. The molecule has 0 N–H and O–H groups in total. The number of hydrogen-bond donors (Lipinski definition) is 0. The highest BCUT2D eigenvalue weighted by molar-refractivity contribution is 5.93. The zero-order chi connectivity index (χ0) is 6.85. The van der Waals surface area contributed by atoms with Crippen LogP contribution in [0.2, 0.25) is 0 Å². The van der Waals surface area contributed by atoms with Crippen molar-refractivity contribution < 1.29 is 4.79 Å². The molecule has 0 amide bonds. The molecule has 1 aromatic heterocycles. The van der Waals surface area contributed by atoms with Gasteiger partial charge in [-0.15, -0.1) is 0 Å². The first-order valence-electron chi connectivity index (χ1n) is 2.83. The number of aryl methyl sites for hydroxylation is 1. The molecule has 2 nitrogen and oxygen atoms in total. The van der Waals surface area contributed by atoms with Gasteiger partial charge in [-0.05, 0) is 13.0 Å². The fourth-order valence-corrected chi connectivity index (χ4v) is 0.712. The van der Waals surface area contributed by atoms with Gasteiger partial charge in [-0.25, -0.2) is 0 Å². The Hall–Kier alpha value is -1.05. The van der Waals surface area contributed by atoms with Crippen LogP contribution < -0.4 is 0 Å². The molecule has 0 bridgehead atoms. The van der Waals surface area contributed by atoms with Crippen LogP contribution >= 0.6 is 0 Å². The maximum absolute atomic E-state index is 10.6. The first-order valence-corrected chi connectivity index (χ1v) is 2.83. The molecule has 0 radical (unpaired) electrons. The molecule has 48 valence electrons. The molecule has 0 spiro atoms. The van der Waals surface area contributed by atoms with E-state index in [0.29, 0.717) is 0 Å². The fraction of sp³-hybridized carbons (Fsp3) is 0.286. The van der Waals surface area contributed by atoms with Crippen molar-refractivity contribution in [3.63, 3.8) is 0 Å². The van der Waals surface area contributed by atoms with Gasteiger partial charge in [0.2, 0.25) is 0 Å². The average molecular weight is 123 g/mol. The summed E-state index contributed by atoms with van der Waals surface area (Å²) >= 11 is 0. The molecule has 1 rings (SSSR count). The Balaban J connectivity index is 2.98. The molecule has 0 unspecified atom stereocenters. The Labute approximate surface area is 54.1 Å². The van der Waals surface area contributed by atoms with Crippen molar-refractivity contribution in [2.45, 2.75) is 6.92 Å². The first-order chi connectivity index (χ1) is 4.20. The average Bonchev–Trinajstić information content (AvgIpc) is 2.14. The summed E-state index contributed by atoms with van der Waals surface area (Å²) in [6.07, 6.45) is 3.67. The van der Waals surface area contributed by atoms with Crippen LogP contribution in [0.5, 0.6) is 0 Å². The molecule has 1 heterocycles. The molecule has 0 aromatic carbocycles. The summed E-state index contributed by atoms with van der Waals surface area (Å²) < 4.78 is 1.86. The van der Waals surface area contributed by atoms with Gasteiger partial charge in [0.25, 0.3) is 0 Å². The minimum absolute atomic E-state index is 0.121. The summed E-state index contributed by atoms with van der Waals surface area (Å²) in [5.41, 5.74) is 0.775. The first kappa shape index (κ1) is 6.08. The smallest absolute Gasteiger partial charge is 0.161 e. The molecule has 0 aliphatic rings. The van der Waals surface area contributed by atoms with E-state index in [1.54, 1.807) is 6.92 Å². The maximum Gasteiger partial charge on any atom is 0.161 e. The summed E-state index contributed by atoms with van der Waals surface area (Å²) in [4.78, 5) is 10.6. The third-order valence-electron chi connectivity index (χ3n) is 1.24. The van der Waals surface area contributed by atoms with Gasteiger partial charge >= 0.3 is 0 Å². The molecule has 2 heteroatoms. The van der Waals surface area contributed by atoms with Crippen LogP contribution in [0.25, 0.3) is 0 Å². The van der Waals surface area contributed by atoms with Gasteiger partial charge in [-0.1, -0.05) is 0 Å². The van der Waals surface area contributed by atoms with Crippen LogP contribution in [-0.2, 0) is 7.05 Å². The molecular weight excluding hydrogens is 114 g/mol. The number of aromatic nitrogens is 1. The van der Waals surface area contributed by atoms with E-state index in [1.165, 1.54) is 0 Å². The number of ketones is 1. The number of hydrogen-bond acceptors (Lipinski definition) is 1. The molecule has 0 saturated heterocycles. The second-order valence-corrected chi connectivity index (χ2v) is 2.12. The van der Waals surface area contributed by atoms with Crippen LogP contribution in [0.1, 0.15) is 17.3 Å². The molecule has 0 aliphatic carbocycles. The number of carbonyl (C=O) groups excluding carboxylic acids is 1. The van der Waals surface area contributed by atoms with Crippen molar-refractivity contribution in [1.82, 2.24) is 4.57 Å². The Morgan fingerprint density at radius 3 is 2.56 bits per heavy atom. The lowest BCUT2D eigenvalue weighted by molar-refractivity contribution is 0.101. The van der Waals surface area contributed by atoms with E-state index in [9.17, 15) is 4.79 Å². The Bertz CT molecular complexity index is 225. The van der Waals surface area contributed by atoms with Crippen LogP contribution in [0.15, 0.2) is 18.5 Å². The third kappa shape index (κ3) is 1.19. The van der Waals surface area contributed by atoms with Crippen LogP contribution in [-0.4, -0.2) is 10.4 Å². The molecule has 0 aliphatic heterocycles. The second-order valence-electron chi connectivity index (χ2n) is 2.12. The lowest BCUT2D eigenvalue weighted by atomic mass is 10.2. The summed E-state index contributed by atoms with van der Waals surface area (Å²) in [5, 5.41) is 0. The van der Waals surface area contributed by atoms with Crippen molar-refractivity contribution in [1.29, 1.82) is 0 Å². The molecule has 0 saturated carbocycles. The van der Waals surface area contributed by atoms with E-state index in [1.807, 2.05) is 30.1 Å². The monoisotopic (exact) mass is 123 g/mol. The number of Topliss-reactive ketones (excluding diaryl/α,β-unsaturated/α-hetero) is 1. The zero-order valence-corrected chi connectivity index (χ0v) is 5.59. The highest BCUT2D eigenvalue weighted by atomic mass is 16.1.